The van der Waals surface area contributed by atoms with E-state index in [-0.39, 0.29) is 30.1 Å². The Morgan fingerprint density at radius 3 is 2.73 bits per heavy atom. The number of nitrogens with two attached hydrogens (primary N) is 1. The Bertz CT molecular complexity index is 533. The van der Waals surface area contributed by atoms with Gasteiger partial charge in [0, 0.05) is 19.4 Å². The Morgan fingerprint density at radius 2 is 2.09 bits per heavy atom. The summed E-state index contributed by atoms with van der Waals surface area (Å²) in [4.78, 5) is 25.3. The number of primary amides is 1. The molecule has 1 aliphatic rings. The largest absolute Gasteiger partial charge is 0.377 e. The van der Waals surface area contributed by atoms with Crippen molar-refractivity contribution in [1.29, 1.82) is 0 Å². The van der Waals surface area contributed by atoms with Gasteiger partial charge in [0.1, 0.15) is 5.82 Å². The summed E-state index contributed by atoms with van der Waals surface area (Å²) >= 11 is 0. The molecule has 1 heterocycles. The van der Waals surface area contributed by atoms with E-state index < -0.39 is 5.91 Å². The first-order chi connectivity index (χ1) is 10.5. The zero-order valence-electron chi connectivity index (χ0n) is 12.6. The number of carbonyl (C=O) groups excluding carboxylic acids is 2. The Hall–Kier alpha value is -1.95. The van der Waals surface area contributed by atoms with E-state index in [0.29, 0.717) is 26.2 Å². The van der Waals surface area contributed by atoms with Crippen LogP contribution in [0.4, 0.5) is 4.39 Å². The lowest BCUT2D eigenvalue weighted by Crippen LogP contribution is -2.50. The number of amides is 2. The highest BCUT2D eigenvalue weighted by atomic mass is 19.1. The first-order valence-electron chi connectivity index (χ1n) is 7.38. The molecule has 6 heteroatoms. The number of carbonyl (C=O) groups is 2. The van der Waals surface area contributed by atoms with Gasteiger partial charge in [-0.15, -0.1) is 0 Å². The number of hydrogen-bond donors (Lipinski definition) is 1. The number of rotatable bonds is 5. The second kappa shape index (κ2) is 7.35. The summed E-state index contributed by atoms with van der Waals surface area (Å²) in [7, 11) is 0. The van der Waals surface area contributed by atoms with Crippen LogP contribution < -0.4 is 5.73 Å². The zero-order valence-corrected chi connectivity index (χ0v) is 12.6. The highest BCUT2D eigenvalue weighted by Gasteiger charge is 2.29. The van der Waals surface area contributed by atoms with Crippen molar-refractivity contribution in [1.82, 2.24) is 4.90 Å². The maximum atomic E-state index is 12.9. The minimum Gasteiger partial charge on any atom is -0.377 e. The Morgan fingerprint density at radius 1 is 1.41 bits per heavy atom. The van der Waals surface area contributed by atoms with Crippen molar-refractivity contribution in [3.8, 4) is 0 Å². The van der Waals surface area contributed by atoms with Gasteiger partial charge in [0.05, 0.1) is 19.3 Å². The predicted molar refractivity (Wildman–Crippen MR) is 79.6 cm³/mol. The number of benzene rings is 1. The molecule has 0 bridgehead atoms. The van der Waals surface area contributed by atoms with Crippen molar-refractivity contribution < 1.29 is 18.7 Å². The minimum atomic E-state index is -0.445. The number of nitrogens with zero attached hydrogens (tertiary/aromatic N) is 1. The van der Waals surface area contributed by atoms with Crippen LogP contribution in [0.15, 0.2) is 24.3 Å². The molecule has 0 radical (unpaired) electrons. The van der Waals surface area contributed by atoms with Crippen LogP contribution in [-0.4, -0.2) is 42.5 Å². The minimum absolute atomic E-state index is 0.0230. The molecule has 0 unspecified atom stereocenters. The van der Waals surface area contributed by atoms with Gasteiger partial charge in [-0.2, -0.15) is 0 Å². The van der Waals surface area contributed by atoms with E-state index in [9.17, 15) is 14.0 Å². The van der Waals surface area contributed by atoms with E-state index in [1.165, 1.54) is 12.1 Å². The molecule has 22 heavy (non-hydrogen) atoms. The fourth-order valence-electron chi connectivity index (χ4n) is 2.67. The van der Waals surface area contributed by atoms with Gasteiger partial charge in [0.2, 0.25) is 11.8 Å². The molecule has 2 N–H and O–H groups in total. The average Bonchev–Trinajstić information content (AvgIpc) is 2.47. The van der Waals surface area contributed by atoms with Crippen molar-refractivity contribution in [3.63, 3.8) is 0 Å². The number of morpholine rings is 1. The third-order valence-corrected chi connectivity index (χ3v) is 3.90. The molecule has 1 aliphatic heterocycles. The van der Waals surface area contributed by atoms with Gasteiger partial charge >= 0.3 is 0 Å². The molecule has 120 valence electrons. The number of hydrogen-bond acceptors (Lipinski definition) is 3. The van der Waals surface area contributed by atoms with Gasteiger partial charge in [0.15, 0.2) is 0 Å². The third-order valence-electron chi connectivity index (χ3n) is 3.90. The molecular formula is C16H21FN2O3. The quantitative estimate of drug-likeness (QED) is 0.894. The van der Waals surface area contributed by atoms with E-state index in [1.807, 2.05) is 6.92 Å². The molecule has 1 saturated heterocycles. The molecule has 1 aromatic rings. The van der Waals surface area contributed by atoms with E-state index in [4.69, 9.17) is 10.5 Å². The van der Waals surface area contributed by atoms with Crippen LogP contribution in [0.1, 0.15) is 31.2 Å². The lowest BCUT2D eigenvalue weighted by Gasteiger charge is -2.35. The SMILES string of the molecule is C[C@H](CC(=O)N1CCOC[C@H]1CC(N)=O)c1ccc(F)cc1. The van der Waals surface area contributed by atoms with Gasteiger partial charge < -0.3 is 15.4 Å². The molecule has 0 aromatic heterocycles. The van der Waals surface area contributed by atoms with Crippen molar-refractivity contribution in [3.05, 3.63) is 35.6 Å². The van der Waals surface area contributed by atoms with Gasteiger partial charge in [-0.05, 0) is 23.6 Å². The Balaban J connectivity index is 1.99. The third kappa shape index (κ3) is 4.27. The van der Waals surface area contributed by atoms with Crippen molar-refractivity contribution >= 4 is 11.8 Å². The van der Waals surface area contributed by atoms with Crippen LogP contribution in [0.25, 0.3) is 0 Å². The second-order valence-corrected chi connectivity index (χ2v) is 5.64. The zero-order chi connectivity index (χ0) is 16.1. The van der Waals surface area contributed by atoms with E-state index >= 15 is 0 Å². The topological polar surface area (TPSA) is 72.6 Å². The normalized spacial score (nSPS) is 19.7. The predicted octanol–water partition coefficient (Wildman–Crippen LogP) is 1.42. The van der Waals surface area contributed by atoms with Gasteiger partial charge in [-0.1, -0.05) is 19.1 Å². The fourth-order valence-corrected chi connectivity index (χ4v) is 2.67. The summed E-state index contributed by atoms with van der Waals surface area (Å²) in [6.07, 6.45) is 0.414. The number of ether oxygens (including phenoxy) is 1. The average molecular weight is 308 g/mol. The van der Waals surface area contributed by atoms with Gasteiger partial charge in [0.25, 0.3) is 0 Å². The van der Waals surface area contributed by atoms with Crippen molar-refractivity contribution in [2.24, 2.45) is 5.73 Å². The maximum absolute atomic E-state index is 12.9. The molecule has 1 aromatic carbocycles. The standard InChI is InChI=1S/C16H21FN2O3/c1-11(12-2-4-13(17)5-3-12)8-16(21)19-6-7-22-10-14(19)9-15(18)20/h2-5,11,14H,6-10H2,1H3,(H2,18,20)/t11-,14-/m1/s1. The second-order valence-electron chi connectivity index (χ2n) is 5.64. The summed E-state index contributed by atoms with van der Waals surface area (Å²) in [5, 5.41) is 0. The van der Waals surface area contributed by atoms with Crippen LogP contribution in [0.5, 0.6) is 0 Å². The highest BCUT2D eigenvalue weighted by Crippen LogP contribution is 2.22. The smallest absolute Gasteiger partial charge is 0.223 e. The molecule has 0 saturated carbocycles. The first-order valence-corrected chi connectivity index (χ1v) is 7.38. The van der Waals surface area contributed by atoms with E-state index in [0.717, 1.165) is 5.56 Å². The van der Waals surface area contributed by atoms with Crippen LogP contribution >= 0.6 is 0 Å². The molecular weight excluding hydrogens is 287 g/mol. The fraction of sp³-hybridized carbons (Fsp3) is 0.500. The van der Waals surface area contributed by atoms with E-state index in [1.54, 1.807) is 17.0 Å². The molecule has 0 spiro atoms. The Labute approximate surface area is 129 Å². The maximum Gasteiger partial charge on any atom is 0.223 e. The molecule has 5 nitrogen and oxygen atoms in total. The summed E-state index contributed by atoms with van der Waals surface area (Å²) in [5.74, 6) is -0.798. The summed E-state index contributed by atoms with van der Waals surface area (Å²) < 4.78 is 18.3. The van der Waals surface area contributed by atoms with Crippen molar-refractivity contribution in [2.45, 2.75) is 31.7 Å². The van der Waals surface area contributed by atoms with Crippen molar-refractivity contribution in [2.75, 3.05) is 19.8 Å². The molecule has 1 fully saturated rings. The summed E-state index contributed by atoms with van der Waals surface area (Å²) in [6, 6.07) is 5.86. The highest BCUT2D eigenvalue weighted by molar-refractivity contribution is 5.79. The lowest BCUT2D eigenvalue weighted by atomic mass is 9.96. The molecule has 2 amide bonds. The molecule has 2 atom stereocenters. The summed E-state index contributed by atoms with van der Waals surface area (Å²) in [6.45, 7) is 3.19. The van der Waals surface area contributed by atoms with Gasteiger partial charge in [-0.3, -0.25) is 9.59 Å². The number of halogens is 1. The van der Waals surface area contributed by atoms with Gasteiger partial charge in [-0.25, -0.2) is 4.39 Å². The lowest BCUT2D eigenvalue weighted by molar-refractivity contribution is -0.141. The summed E-state index contributed by atoms with van der Waals surface area (Å²) in [5.41, 5.74) is 6.14. The first kappa shape index (κ1) is 16.4. The molecule has 2 rings (SSSR count). The van der Waals surface area contributed by atoms with Crippen LogP contribution in [0.3, 0.4) is 0 Å². The van der Waals surface area contributed by atoms with E-state index in [2.05, 4.69) is 0 Å². The monoisotopic (exact) mass is 308 g/mol. The van der Waals surface area contributed by atoms with Crippen LogP contribution in [0.2, 0.25) is 0 Å². The Kier molecular flexibility index (Phi) is 5.49. The van der Waals surface area contributed by atoms with Crippen LogP contribution in [-0.2, 0) is 14.3 Å². The molecule has 0 aliphatic carbocycles. The van der Waals surface area contributed by atoms with Crippen LogP contribution in [0, 0.1) is 5.82 Å².